The molecular formula is C9H6NSZn-. The molecule has 0 unspecified atom stereocenters. The second-order valence-electron chi connectivity index (χ2n) is 2.33. The van der Waals surface area contributed by atoms with Gasteiger partial charge in [0, 0.05) is 25.7 Å². The van der Waals surface area contributed by atoms with Gasteiger partial charge in [-0.15, -0.1) is 4.90 Å². The second-order valence-corrected chi connectivity index (χ2v) is 2.77. The molecule has 0 amide bonds. The molecule has 1 nitrogen and oxygen atoms in total. The van der Waals surface area contributed by atoms with E-state index < -0.39 is 0 Å². The van der Waals surface area contributed by atoms with Crippen molar-refractivity contribution in [1.29, 1.82) is 0 Å². The first-order chi connectivity index (χ1) is 5.38. The largest absolute Gasteiger partial charge is 0.778 e. The van der Waals surface area contributed by atoms with Crippen LogP contribution in [0.5, 0.6) is 0 Å². The first kappa shape index (κ1) is 9.56. The fourth-order valence-electron chi connectivity index (χ4n) is 1.08. The number of para-hydroxylation sites is 1. The van der Waals surface area contributed by atoms with Gasteiger partial charge in [0.25, 0.3) is 0 Å². The Morgan fingerprint density at radius 3 is 2.58 bits per heavy atom. The van der Waals surface area contributed by atoms with Crippen molar-refractivity contribution >= 4 is 23.5 Å². The molecule has 0 aliphatic carbocycles. The molecule has 0 saturated carbocycles. The number of nitrogens with zero attached hydrogens (tertiary/aromatic N) is 1. The maximum Gasteiger partial charge on any atom is 0.0511 e. The smallest absolute Gasteiger partial charge is 0.0511 e. The molecule has 0 aliphatic rings. The number of hydrogen-bond donors (Lipinski definition) is 0. The summed E-state index contributed by atoms with van der Waals surface area (Å²) in [7, 11) is 0. The third kappa shape index (κ3) is 1.62. The van der Waals surface area contributed by atoms with Crippen LogP contribution in [-0.2, 0) is 32.1 Å². The fraction of sp³-hybridized carbons (Fsp3) is 0. The van der Waals surface area contributed by atoms with Gasteiger partial charge in [0.2, 0.25) is 0 Å². The van der Waals surface area contributed by atoms with E-state index in [1.165, 1.54) is 0 Å². The van der Waals surface area contributed by atoms with E-state index in [1.54, 1.807) is 6.20 Å². The first-order valence-electron chi connectivity index (χ1n) is 3.39. The third-order valence-corrected chi connectivity index (χ3v) is 1.93. The molecule has 12 heavy (non-hydrogen) atoms. The molecule has 1 aromatic carbocycles. The number of hydrogen-bond acceptors (Lipinski definition) is 2. The van der Waals surface area contributed by atoms with E-state index in [1.807, 2.05) is 30.3 Å². The zero-order valence-corrected chi connectivity index (χ0v) is 10.3. The minimum Gasteiger partial charge on any atom is -0.778 e. The van der Waals surface area contributed by atoms with Crippen molar-refractivity contribution in [2.45, 2.75) is 4.90 Å². The molecule has 56 valence electrons. The number of pyridine rings is 1. The summed E-state index contributed by atoms with van der Waals surface area (Å²) in [6.07, 6.45) is 1.76. The summed E-state index contributed by atoms with van der Waals surface area (Å²) in [6.45, 7) is 0. The van der Waals surface area contributed by atoms with Crippen LogP contribution in [0.1, 0.15) is 0 Å². The van der Waals surface area contributed by atoms with Gasteiger partial charge >= 0.3 is 0 Å². The molecule has 0 atom stereocenters. The maximum atomic E-state index is 5.09. The molecular weight excluding hydrogens is 220 g/mol. The Morgan fingerprint density at radius 2 is 1.83 bits per heavy atom. The van der Waals surface area contributed by atoms with Crippen LogP contribution in [0.3, 0.4) is 0 Å². The number of aromatic nitrogens is 1. The monoisotopic (exact) mass is 224 g/mol. The van der Waals surface area contributed by atoms with E-state index in [2.05, 4.69) is 4.98 Å². The molecule has 1 aromatic heterocycles. The van der Waals surface area contributed by atoms with Crippen LogP contribution in [0.15, 0.2) is 41.4 Å². The number of rotatable bonds is 0. The zero-order chi connectivity index (χ0) is 7.68. The van der Waals surface area contributed by atoms with E-state index in [0.29, 0.717) is 0 Å². The standard InChI is InChI=1S/C9H7NS.Zn/c11-8-5-1-3-7-4-2-6-10-9(7)8;/h1-6,11H;/p-1. The van der Waals surface area contributed by atoms with E-state index in [4.69, 9.17) is 12.6 Å². The van der Waals surface area contributed by atoms with Crippen LogP contribution >= 0.6 is 0 Å². The van der Waals surface area contributed by atoms with Gasteiger partial charge in [0.15, 0.2) is 0 Å². The van der Waals surface area contributed by atoms with Crippen LogP contribution in [0, 0.1) is 0 Å². The maximum absolute atomic E-state index is 5.09. The predicted molar refractivity (Wildman–Crippen MR) is 47.4 cm³/mol. The van der Waals surface area contributed by atoms with Gasteiger partial charge < -0.3 is 12.6 Å². The van der Waals surface area contributed by atoms with Gasteiger partial charge in [-0.1, -0.05) is 24.3 Å². The molecule has 0 bridgehead atoms. The van der Waals surface area contributed by atoms with Crippen LogP contribution in [0.25, 0.3) is 10.9 Å². The Labute approximate surface area is 89.4 Å². The van der Waals surface area contributed by atoms with Crippen molar-refractivity contribution < 1.29 is 19.5 Å². The molecule has 0 fully saturated rings. The summed E-state index contributed by atoms with van der Waals surface area (Å²) in [4.78, 5) is 5.00. The SMILES string of the molecule is [S-]c1cccc2cccnc12.[Zn]. The van der Waals surface area contributed by atoms with E-state index in [-0.39, 0.29) is 19.5 Å². The normalized spacial score (nSPS) is 9.33. The van der Waals surface area contributed by atoms with Crippen molar-refractivity contribution in [3.8, 4) is 0 Å². The van der Waals surface area contributed by atoms with E-state index >= 15 is 0 Å². The Kier molecular flexibility index (Phi) is 3.13. The molecule has 0 spiro atoms. The summed E-state index contributed by atoms with van der Waals surface area (Å²) in [5, 5.41) is 1.11. The number of fused-ring (bicyclic) bond motifs is 1. The topological polar surface area (TPSA) is 12.9 Å². The second kappa shape index (κ2) is 3.93. The summed E-state index contributed by atoms with van der Waals surface area (Å²) >= 11 is 5.09. The third-order valence-electron chi connectivity index (χ3n) is 1.60. The predicted octanol–water partition coefficient (Wildman–Crippen LogP) is 2.14. The minimum absolute atomic E-state index is 0. The summed E-state index contributed by atoms with van der Waals surface area (Å²) in [6, 6.07) is 9.78. The van der Waals surface area contributed by atoms with Gasteiger partial charge in [0.1, 0.15) is 0 Å². The van der Waals surface area contributed by atoms with Gasteiger partial charge in [-0.25, -0.2) is 0 Å². The van der Waals surface area contributed by atoms with Gasteiger partial charge in [-0.2, -0.15) is 0 Å². The molecule has 3 heteroatoms. The average Bonchev–Trinajstić information content (AvgIpc) is 2.06. The van der Waals surface area contributed by atoms with Crippen molar-refractivity contribution in [3.05, 3.63) is 36.5 Å². The van der Waals surface area contributed by atoms with Gasteiger partial charge in [-0.05, 0) is 11.5 Å². The quantitative estimate of drug-likeness (QED) is 0.503. The fourth-order valence-corrected chi connectivity index (χ4v) is 1.33. The van der Waals surface area contributed by atoms with Gasteiger partial charge in [0.05, 0.1) is 5.52 Å². The molecule has 0 radical (unpaired) electrons. The minimum atomic E-state index is 0. The van der Waals surface area contributed by atoms with Crippen LogP contribution < -0.4 is 0 Å². The Balaban J connectivity index is 0.000000720. The van der Waals surface area contributed by atoms with Crippen molar-refractivity contribution in [2.24, 2.45) is 0 Å². The zero-order valence-electron chi connectivity index (χ0n) is 6.53. The summed E-state index contributed by atoms with van der Waals surface area (Å²) in [5.74, 6) is 0. The Morgan fingerprint density at radius 1 is 1.08 bits per heavy atom. The molecule has 0 aliphatic heterocycles. The van der Waals surface area contributed by atoms with Crippen LogP contribution in [0.2, 0.25) is 0 Å². The summed E-state index contributed by atoms with van der Waals surface area (Å²) in [5.41, 5.74) is 0.921. The molecule has 0 saturated heterocycles. The van der Waals surface area contributed by atoms with Crippen molar-refractivity contribution in [3.63, 3.8) is 0 Å². The molecule has 2 rings (SSSR count). The number of benzene rings is 1. The van der Waals surface area contributed by atoms with Crippen molar-refractivity contribution in [1.82, 2.24) is 4.98 Å². The van der Waals surface area contributed by atoms with Crippen LogP contribution in [-0.4, -0.2) is 4.98 Å². The van der Waals surface area contributed by atoms with Gasteiger partial charge in [-0.3, -0.25) is 4.98 Å². The Bertz CT molecular complexity index is 384. The van der Waals surface area contributed by atoms with E-state index in [0.717, 1.165) is 15.8 Å². The van der Waals surface area contributed by atoms with Crippen LogP contribution in [0.4, 0.5) is 0 Å². The molecule has 2 aromatic rings. The average molecular weight is 226 g/mol. The molecule has 0 N–H and O–H groups in total. The van der Waals surface area contributed by atoms with E-state index in [9.17, 15) is 0 Å². The summed E-state index contributed by atoms with van der Waals surface area (Å²) < 4.78 is 0. The molecule has 1 heterocycles. The Hall–Kier alpha value is -0.527. The van der Waals surface area contributed by atoms with Crippen molar-refractivity contribution in [2.75, 3.05) is 0 Å². The first-order valence-corrected chi connectivity index (χ1v) is 3.79.